The van der Waals surface area contributed by atoms with Crippen molar-refractivity contribution in [1.29, 1.82) is 0 Å². The van der Waals surface area contributed by atoms with E-state index in [9.17, 15) is 8.42 Å². The molecule has 0 aliphatic heterocycles. The maximum atomic E-state index is 11.6. The Balaban J connectivity index is 4.92. The smallest absolute Gasteiger partial charge is 0.154 e. The second-order valence-corrected chi connectivity index (χ2v) is 7.07. The maximum absolute atomic E-state index is 11.6. The summed E-state index contributed by atoms with van der Waals surface area (Å²) < 4.78 is 22.3. The van der Waals surface area contributed by atoms with Gasteiger partial charge < -0.3 is 5.73 Å². The first-order valence-corrected chi connectivity index (χ1v) is 7.02. The molecule has 0 aromatic rings. The first kappa shape index (κ1) is 13.9. The van der Waals surface area contributed by atoms with Gasteiger partial charge in [0.1, 0.15) is 0 Å². The van der Waals surface area contributed by atoms with E-state index in [1.807, 2.05) is 13.8 Å². The highest BCUT2D eigenvalue weighted by molar-refractivity contribution is 7.92. The van der Waals surface area contributed by atoms with E-state index in [1.165, 1.54) is 6.26 Å². The molecule has 0 spiro atoms. The van der Waals surface area contributed by atoms with Crippen molar-refractivity contribution in [3.63, 3.8) is 0 Å². The minimum Gasteiger partial charge on any atom is -0.326 e. The van der Waals surface area contributed by atoms with Gasteiger partial charge in [-0.1, -0.05) is 26.7 Å². The highest BCUT2D eigenvalue weighted by Crippen LogP contribution is 2.27. The van der Waals surface area contributed by atoms with Crippen LogP contribution in [0.1, 0.15) is 40.5 Å². The van der Waals surface area contributed by atoms with Crippen LogP contribution in [0.25, 0.3) is 0 Å². The molecule has 0 radical (unpaired) electrons. The summed E-state index contributed by atoms with van der Waals surface area (Å²) in [5, 5.41) is 0. The Morgan fingerprint density at radius 1 is 1.21 bits per heavy atom. The molecule has 4 heteroatoms. The summed E-state index contributed by atoms with van der Waals surface area (Å²) in [5.74, 6) is 0.278. The Labute approximate surface area is 88.0 Å². The molecule has 0 aliphatic rings. The van der Waals surface area contributed by atoms with Crippen LogP contribution in [-0.4, -0.2) is 25.5 Å². The van der Waals surface area contributed by atoms with E-state index >= 15 is 0 Å². The second-order valence-electron chi connectivity index (χ2n) is 4.48. The Bertz CT molecular complexity index is 266. The van der Waals surface area contributed by atoms with Gasteiger partial charge in [-0.2, -0.15) is 0 Å². The molecule has 0 heterocycles. The van der Waals surface area contributed by atoms with Crippen molar-refractivity contribution in [2.75, 3.05) is 6.26 Å². The largest absolute Gasteiger partial charge is 0.326 e. The van der Waals surface area contributed by atoms with Crippen molar-refractivity contribution in [3.8, 4) is 0 Å². The molecule has 0 saturated carbocycles. The van der Waals surface area contributed by atoms with E-state index in [-0.39, 0.29) is 12.0 Å². The monoisotopic (exact) mass is 221 g/mol. The Morgan fingerprint density at radius 3 is 1.79 bits per heavy atom. The van der Waals surface area contributed by atoms with Gasteiger partial charge in [0, 0.05) is 12.3 Å². The lowest BCUT2D eigenvalue weighted by molar-refractivity contribution is 0.335. The number of hydrogen-bond donors (Lipinski definition) is 1. The maximum Gasteiger partial charge on any atom is 0.154 e. The van der Waals surface area contributed by atoms with Crippen LogP contribution in [0.4, 0.5) is 0 Å². The van der Waals surface area contributed by atoms with E-state index in [1.54, 1.807) is 13.8 Å². The fraction of sp³-hybridized carbons (Fsp3) is 1.00. The lowest BCUT2D eigenvalue weighted by Crippen LogP contribution is -2.52. The van der Waals surface area contributed by atoms with Crippen LogP contribution < -0.4 is 5.73 Å². The fourth-order valence-electron chi connectivity index (χ4n) is 1.61. The summed E-state index contributed by atoms with van der Waals surface area (Å²) >= 11 is 0. The van der Waals surface area contributed by atoms with E-state index in [4.69, 9.17) is 5.73 Å². The second kappa shape index (κ2) is 4.62. The third-order valence-corrected chi connectivity index (χ3v) is 5.50. The predicted molar refractivity (Wildman–Crippen MR) is 61.0 cm³/mol. The molecule has 0 aromatic carbocycles. The van der Waals surface area contributed by atoms with E-state index in [0.717, 1.165) is 12.8 Å². The van der Waals surface area contributed by atoms with Gasteiger partial charge in [-0.05, 0) is 19.8 Å². The molecule has 2 N–H and O–H groups in total. The minimum atomic E-state index is -3.09. The highest BCUT2D eigenvalue weighted by Gasteiger charge is 2.39. The summed E-state index contributed by atoms with van der Waals surface area (Å²) in [7, 11) is -3.09. The first-order valence-electron chi connectivity index (χ1n) is 5.13. The Kier molecular flexibility index (Phi) is 4.59. The average molecular weight is 221 g/mol. The summed E-state index contributed by atoms with van der Waals surface area (Å²) in [6.07, 6.45) is 3.11. The molecule has 1 unspecified atom stereocenters. The van der Waals surface area contributed by atoms with Gasteiger partial charge in [0.05, 0.1) is 4.75 Å². The molecule has 0 rings (SSSR count). The Hall–Kier alpha value is -0.0900. The van der Waals surface area contributed by atoms with Crippen LogP contribution in [0.3, 0.4) is 0 Å². The summed E-state index contributed by atoms with van der Waals surface area (Å²) in [6, 6.07) is -0.285. The summed E-state index contributed by atoms with van der Waals surface area (Å²) in [6.45, 7) is 7.52. The van der Waals surface area contributed by atoms with Gasteiger partial charge in [-0.3, -0.25) is 0 Å². The van der Waals surface area contributed by atoms with Crippen LogP contribution >= 0.6 is 0 Å². The van der Waals surface area contributed by atoms with Crippen LogP contribution in [0.2, 0.25) is 0 Å². The molecule has 0 aromatic heterocycles. The zero-order valence-corrected chi connectivity index (χ0v) is 10.7. The van der Waals surface area contributed by atoms with E-state index < -0.39 is 14.6 Å². The van der Waals surface area contributed by atoms with Gasteiger partial charge >= 0.3 is 0 Å². The third-order valence-electron chi connectivity index (χ3n) is 3.32. The van der Waals surface area contributed by atoms with E-state index in [0.29, 0.717) is 0 Å². The average Bonchev–Trinajstić information content (AvgIpc) is 2.04. The minimum absolute atomic E-state index is 0.278. The first-order chi connectivity index (χ1) is 6.18. The van der Waals surface area contributed by atoms with Crippen LogP contribution in [0.5, 0.6) is 0 Å². The van der Waals surface area contributed by atoms with Crippen molar-refractivity contribution in [1.82, 2.24) is 0 Å². The molecule has 14 heavy (non-hydrogen) atoms. The quantitative estimate of drug-likeness (QED) is 0.766. The molecule has 3 nitrogen and oxygen atoms in total. The molecular formula is C10H23NO2S. The zero-order chi connectivity index (χ0) is 11.6. The van der Waals surface area contributed by atoms with Gasteiger partial charge in [-0.25, -0.2) is 8.42 Å². The summed E-state index contributed by atoms with van der Waals surface area (Å²) in [4.78, 5) is 0. The lowest BCUT2D eigenvalue weighted by Gasteiger charge is -2.34. The molecule has 86 valence electrons. The van der Waals surface area contributed by atoms with Crippen molar-refractivity contribution in [2.24, 2.45) is 11.7 Å². The summed E-state index contributed by atoms with van der Waals surface area (Å²) in [5.41, 5.74) is 6.02. The molecule has 0 aliphatic carbocycles. The number of nitrogens with two attached hydrogens (primary N) is 1. The van der Waals surface area contributed by atoms with Gasteiger partial charge in [0.2, 0.25) is 0 Å². The lowest BCUT2D eigenvalue weighted by atomic mass is 9.87. The van der Waals surface area contributed by atoms with Gasteiger partial charge in [0.25, 0.3) is 0 Å². The van der Waals surface area contributed by atoms with Gasteiger partial charge in [-0.15, -0.1) is 0 Å². The predicted octanol–water partition coefficient (Wildman–Crippen LogP) is 1.57. The highest BCUT2D eigenvalue weighted by atomic mass is 32.2. The number of hydrogen-bond acceptors (Lipinski definition) is 3. The standard InChI is InChI=1S/C10H23NO2S/c1-6-8(7-2)9(11)10(3,4)14(5,12)13/h8-9H,6-7,11H2,1-5H3. The topological polar surface area (TPSA) is 60.2 Å². The van der Waals surface area contributed by atoms with Crippen molar-refractivity contribution >= 4 is 9.84 Å². The SMILES string of the molecule is CCC(CC)C(N)C(C)(C)S(C)(=O)=O. The molecule has 0 saturated heterocycles. The van der Waals surface area contributed by atoms with Crippen molar-refractivity contribution in [2.45, 2.75) is 51.3 Å². The van der Waals surface area contributed by atoms with Crippen molar-refractivity contribution in [3.05, 3.63) is 0 Å². The molecule has 0 fully saturated rings. The van der Waals surface area contributed by atoms with Crippen LogP contribution in [0.15, 0.2) is 0 Å². The number of rotatable bonds is 5. The van der Waals surface area contributed by atoms with Crippen LogP contribution in [0, 0.1) is 5.92 Å². The fourth-order valence-corrected chi connectivity index (χ4v) is 2.30. The van der Waals surface area contributed by atoms with Crippen molar-refractivity contribution < 1.29 is 8.42 Å². The zero-order valence-electron chi connectivity index (χ0n) is 9.87. The normalized spacial score (nSPS) is 15.9. The molecule has 0 bridgehead atoms. The molecule has 0 amide bonds. The van der Waals surface area contributed by atoms with Gasteiger partial charge in [0.15, 0.2) is 9.84 Å². The number of sulfone groups is 1. The molecular weight excluding hydrogens is 198 g/mol. The third kappa shape index (κ3) is 2.70. The van der Waals surface area contributed by atoms with Crippen LogP contribution in [-0.2, 0) is 9.84 Å². The Morgan fingerprint density at radius 2 is 1.57 bits per heavy atom. The molecule has 1 atom stereocenters. The van der Waals surface area contributed by atoms with E-state index in [2.05, 4.69) is 0 Å².